The smallest absolute Gasteiger partial charge is 0.315 e. The lowest BCUT2D eigenvalue weighted by Crippen LogP contribution is -2.25. The summed E-state index contributed by atoms with van der Waals surface area (Å²) in [6.45, 7) is 3.51. The fraction of sp³-hybridized carbons (Fsp3) is 0.188. The number of hydrogen-bond donors (Lipinski definition) is 1. The van der Waals surface area contributed by atoms with Crippen molar-refractivity contribution in [3.63, 3.8) is 0 Å². The van der Waals surface area contributed by atoms with E-state index in [0.717, 1.165) is 5.56 Å². The van der Waals surface area contributed by atoms with Crippen LogP contribution in [0.25, 0.3) is 5.65 Å². The van der Waals surface area contributed by atoms with Gasteiger partial charge in [0.1, 0.15) is 5.75 Å². The molecule has 3 rings (SSSR count). The number of benzene rings is 1. The first kappa shape index (κ1) is 15.3. The van der Waals surface area contributed by atoms with Crippen molar-refractivity contribution >= 4 is 23.2 Å². The van der Waals surface area contributed by atoms with E-state index in [4.69, 9.17) is 16.3 Å². The molecule has 6 nitrogen and oxygen atoms in total. The van der Waals surface area contributed by atoms with Crippen LogP contribution in [0.15, 0.2) is 35.3 Å². The van der Waals surface area contributed by atoms with Gasteiger partial charge in [-0.2, -0.15) is 0 Å². The van der Waals surface area contributed by atoms with Crippen LogP contribution in [0.3, 0.4) is 0 Å². The molecule has 0 aliphatic rings. The van der Waals surface area contributed by atoms with Crippen LogP contribution in [0, 0.1) is 13.8 Å². The molecule has 2 aromatic heterocycles. The molecule has 3 aromatic rings. The van der Waals surface area contributed by atoms with E-state index in [1.165, 1.54) is 4.52 Å². The van der Waals surface area contributed by atoms with Crippen molar-refractivity contribution in [1.29, 1.82) is 0 Å². The second kappa shape index (κ2) is 5.89. The third-order valence-electron chi connectivity index (χ3n) is 3.54. The Bertz CT molecular complexity index is 959. The molecule has 0 bridgehead atoms. The minimum atomic E-state index is -0.538. The van der Waals surface area contributed by atoms with E-state index >= 15 is 0 Å². The van der Waals surface area contributed by atoms with Gasteiger partial charge in [-0.3, -0.25) is 14.7 Å². The monoisotopic (exact) mass is 331 g/mol. The molecule has 118 valence electrons. The highest BCUT2D eigenvalue weighted by atomic mass is 35.5. The number of aryl methyl sites for hydroxylation is 2. The van der Waals surface area contributed by atoms with Crippen LogP contribution in [0.2, 0.25) is 5.02 Å². The first-order valence-corrected chi connectivity index (χ1v) is 7.36. The maximum Gasteiger partial charge on any atom is 0.315 e. The van der Waals surface area contributed by atoms with Crippen molar-refractivity contribution in [3.05, 3.63) is 62.7 Å². The van der Waals surface area contributed by atoms with Crippen LogP contribution >= 0.6 is 11.6 Å². The summed E-state index contributed by atoms with van der Waals surface area (Å²) in [6.07, 6.45) is 1.45. The molecule has 0 amide bonds. The van der Waals surface area contributed by atoms with Gasteiger partial charge in [-0.25, -0.2) is 9.50 Å². The van der Waals surface area contributed by atoms with Crippen molar-refractivity contribution < 1.29 is 9.53 Å². The summed E-state index contributed by atoms with van der Waals surface area (Å²) >= 11 is 5.91. The fourth-order valence-corrected chi connectivity index (χ4v) is 2.46. The number of halogens is 1. The van der Waals surface area contributed by atoms with E-state index in [-0.39, 0.29) is 12.0 Å². The molecular weight excluding hydrogens is 318 g/mol. The predicted molar refractivity (Wildman–Crippen MR) is 86.1 cm³/mol. The molecule has 7 heteroatoms. The quantitative estimate of drug-likeness (QED) is 0.590. The summed E-state index contributed by atoms with van der Waals surface area (Å²) < 4.78 is 6.62. The van der Waals surface area contributed by atoms with Crippen molar-refractivity contribution in [1.82, 2.24) is 14.6 Å². The van der Waals surface area contributed by atoms with Gasteiger partial charge in [0, 0.05) is 23.0 Å². The molecule has 0 saturated heterocycles. The minimum absolute atomic E-state index is 0.161. The molecule has 0 spiro atoms. The van der Waals surface area contributed by atoms with Crippen LogP contribution in [-0.4, -0.2) is 20.6 Å². The topological polar surface area (TPSA) is 76.5 Å². The Balaban J connectivity index is 1.88. The zero-order chi connectivity index (χ0) is 16.6. The summed E-state index contributed by atoms with van der Waals surface area (Å²) in [5, 5.41) is 3.24. The molecule has 0 unspecified atom stereocenters. The Morgan fingerprint density at radius 3 is 2.91 bits per heavy atom. The van der Waals surface area contributed by atoms with Crippen molar-refractivity contribution in [2.45, 2.75) is 20.3 Å². The molecule has 0 saturated carbocycles. The zero-order valence-corrected chi connectivity index (χ0v) is 13.3. The number of aromatic nitrogens is 3. The number of hydrogen-bond acceptors (Lipinski definition) is 4. The lowest BCUT2D eigenvalue weighted by atomic mass is 10.1. The number of H-pyrrole nitrogens is 1. The van der Waals surface area contributed by atoms with Gasteiger partial charge in [-0.15, -0.1) is 0 Å². The van der Waals surface area contributed by atoms with E-state index in [9.17, 15) is 9.59 Å². The highest BCUT2D eigenvalue weighted by Crippen LogP contribution is 2.23. The van der Waals surface area contributed by atoms with Gasteiger partial charge in [0.15, 0.2) is 5.65 Å². The van der Waals surface area contributed by atoms with Crippen molar-refractivity contribution in [3.8, 4) is 5.75 Å². The SMILES string of the molecule is Cc1ccc(Cl)cc1OC(=O)Cc1c(C)nc2cc[nH]n2c1=O. The van der Waals surface area contributed by atoms with Crippen LogP contribution in [0.1, 0.15) is 16.8 Å². The molecule has 0 aliphatic carbocycles. The third kappa shape index (κ3) is 2.98. The maximum absolute atomic E-state index is 12.4. The molecule has 1 N–H and O–H groups in total. The average Bonchev–Trinajstić information content (AvgIpc) is 2.95. The Morgan fingerprint density at radius 2 is 2.13 bits per heavy atom. The minimum Gasteiger partial charge on any atom is -0.426 e. The van der Waals surface area contributed by atoms with Crippen LogP contribution in [0.5, 0.6) is 5.75 Å². The number of nitrogens with zero attached hydrogens (tertiary/aromatic N) is 2. The van der Waals surface area contributed by atoms with E-state index in [2.05, 4.69) is 10.1 Å². The number of carbonyl (C=O) groups is 1. The average molecular weight is 332 g/mol. The summed E-state index contributed by atoms with van der Waals surface area (Å²) in [5.41, 5.74) is 1.80. The Labute approximate surface area is 136 Å². The van der Waals surface area contributed by atoms with Crippen LogP contribution < -0.4 is 10.3 Å². The molecule has 1 aromatic carbocycles. The van der Waals surface area contributed by atoms with Crippen molar-refractivity contribution in [2.75, 3.05) is 0 Å². The molecule has 0 radical (unpaired) electrons. The molecular formula is C16H14ClN3O3. The van der Waals surface area contributed by atoms with Gasteiger partial charge in [0.05, 0.1) is 12.0 Å². The third-order valence-corrected chi connectivity index (χ3v) is 3.78. The lowest BCUT2D eigenvalue weighted by molar-refractivity contribution is -0.133. The molecule has 0 fully saturated rings. The predicted octanol–water partition coefficient (Wildman–Crippen LogP) is 2.44. The summed E-state index contributed by atoms with van der Waals surface area (Å²) in [5.74, 6) is -0.155. The van der Waals surface area contributed by atoms with Gasteiger partial charge in [0.25, 0.3) is 5.56 Å². The molecule has 2 heterocycles. The summed E-state index contributed by atoms with van der Waals surface area (Å²) in [6, 6.07) is 6.73. The molecule has 0 aliphatic heterocycles. The van der Waals surface area contributed by atoms with Gasteiger partial charge in [-0.1, -0.05) is 17.7 Å². The summed E-state index contributed by atoms with van der Waals surface area (Å²) in [7, 11) is 0. The van der Waals surface area contributed by atoms with Gasteiger partial charge >= 0.3 is 5.97 Å². The zero-order valence-electron chi connectivity index (χ0n) is 12.6. The van der Waals surface area contributed by atoms with Crippen molar-refractivity contribution in [2.24, 2.45) is 0 Å². The van der Waals surface area contributed by atoms with E-state index in [1.807, 2.05) is 6.92 Å². The first-order valence-electron chi connectivity index (χ1n) is 6.98. The maximum atomic E-state index is 12.4. The Hall–Kier alpha value is -2.60. The van der Waals surface area contributed by atoms with E-state index < -0.39 is 5.97 Å². The van der Waals surface area contributed by atoms with E-state index in [1.54, 1.807) is 37.4 Å². The number of rotatable bonds is 3. The van der Waals surface area contributed by atoms with Crippen LogP contribution in [-0.2, 0) is 11.2 Å². The van der Waals surface area contributed by atoms with Gasteiger partial charge < -0.3 is 4.74 Å². The number of nitrogens with one attached hydrogen (secondary N) is 1. The fourth-order valence-electron chi connectivity index (χ4n) is 2.30. The van der Waals surface area contributed by atoms with Gasteiger partial charge in [0.2, 0.25) is 0 Å². The molecule has 23 heavy (non-hydrogen) atoms. The number of carbonyl (C=O) groups excluding carboxylic acids is 1. The number of fused-ring (bicyclic) bond motifs is 1. The number of ether oxygens (including phenoxy) is 1. The highest BCUT2D eigenvalue weighted by molar-refractivity contribution is 6.30. The highest BCUT2D eigenvalue weighted by Gasteiger charge is 2.16. The first-order chi connectivity index (χ1) is 11.0. The lowest BCUT2D eigenvalue weighted by Gasteiger charge is -2.09. The second-order valence-electron chi connectivity index (χ2n) is 5.20. The number of esters is 1. The standard InChI is InChI=1S/C16H14ClN3O3/c1-9-3-4-11(17)7-13(9)23-15(21)8-12-10(2)19-14-5-6-18-20(14)16(12)22/h3-7,18H,8H2,1-2H3. The van der Waals surface area contributed by atoms with Crippen LogP contribution in [0.4, 0.5) is 0 Å². The number of aromatic amines is 1. The Kier molecular flexibility index (Phi) is 3.92. The Morgan fingerprint density at radius 1 is 1.35 bits per heavy atom. The second-order valence-corrected chi connectivity index (χ2v) is 5.63. The normalized spacial score (nSPS) is 10.9. The summed E-state index contributed by atoms with van der Waals surface area (Å²) in [4.78, 5) is 28.8. The van der Waals surface area contributed by atoms with E-state index in [0.29, 0.717) is 27.7 Å². The molecule has 0 atom stereocenters. The van der Waals surface area contributed by atoms with Gasteiger partial charge in [-0.05, 0) is 31.5 Å². The largest absolute Gasteiger partial charge is 0.426 e.